The van der Waals surface area contributed by atoms with Crippen LogP contribution in [0.25, 0.3) is 0 Å². The van der Waals surface area contributed by atoms with E-state index < -0.39 is 5.97 Å². The molecular formula is C18H20ClNO2S. The maximum Gasteiger partial charge on any atom is 0.306 e. The van der Waals surface area contributed by atoms with Crippen molar-refractivity contribution in [1.82, 2.24) is 4.90 Å². The second kappa shape index (κ2) is 7.04. The third-order valence-electron chi connectivity index (χ3n) is 4.56. The van der Waals surface area contributed by atoms with Crippen molar-refractivity contribution < 1.29 is 9.90 Å². The maximum absolute atomic E-state index is 11.2. The topological polar surface area (TPSA) is 40.5 Å². The highest BCUT2D eigenvalue weighted by molar-refractivity contribution is 7.10. The molecule has 2 aromatic rings. The number of rotatable bonds is 4. The summed E-state index contributed by atoms with van der Waals surface area (Å²) in [6.45, 7) is 3.73. The smallest absolute Gasteiger partial charge is 0.306 e. The van der Waals surface area contributed by atoms with E-state index in [1.165, 1.54) is 16.0 Å². The molecule has 1 aliphatic heterocycles. The number of likely N-dealkylation sites (tertiary alicyclic amines) is 1. The second-order valence-electron chi connectivity index (χ2n) is 6.07. The first-order valence-electron chi connectivity index (χ1n) is 7.82. The molecule has 1 aliphatic rings. The standard InChI is InChI=1S/C18H20ClNO2S/c1-12-7-10-23-17(12)16(14-3-2-4-15(19)11-14)20-8-5-13(6-9-20)18(21)22/h2-4,7,10-11,13,16H,5-6,8-9H2,1H3,(H,21,22). The molecule has 0 saturated carbocycles. The Bertz CT molecular complexity index is 692. The maximum atomic E-state index is 11.2. The van der Waals surface area contributed by atoms with Gasteiger partial charge in [-0.05, 0) is 67.6 Å². The number of halogens is 1. The summed E-state index contributed by atoms with van der Waals surface area (Å²) in [7, 11) is 0. The molecule has 1 saturated heterocycles. The van der Waals surface area contributed by atoms with Gasteiger partial charge >= 0.3 is 5.97 Å². The highest BCUT2D eigenvalue weighted by Gasteiger charge is 2.31. The Balaban J connectivity index is 1.91. The Morgan fingerprint density at radius 1 is 1.35 bits per heavy atom. The normalized spacial score (nSPS) is 18.0. The monoisotopic (exact) mass is 349 g/mol. The first-order valence-corrected chi connectivity index (χ1v) is 9.08. The SMILES string of the molecule is Cc1ccsc1C(c1cccc(Cl)c1)N1CCC(C(=O)O)CC1. The van der Waals surface area contributed by atoms with Gasteiger partial charge in [0.1, 0.15) is 0 Å². The van der Waals surface area contributed by atoms with Crippen molar-refractivity contribution >= 4 is 28.9 Å². The van der Waals surface area contributed by atoms with Crippen molar-refractivity contribution in [3.63, 3.8) is 0 Å². The third-order valence-corrected chi connectivity index (χ3v) is 5.86. The van der Waals surface area contributed by atoms with Crippen molar-refractivity contribution in [3.8, 4) is 0 Å². The van der Waals surface area contributed by atoms with E-state index in [2.05, 4.69) is 29.3 Å². The molecule has 1 aromatic carbocycles. The van der Waals surface area contributed by atoms with Gasteiger partial charge in [0.05, 0.1) is 12.0 Å². The van der Waals surface area contributed by atoms with E-state index in [4.69, 9.17) is 11.6 Å². The summed E-state index contributed by atoms with van der Waals surface area (Å²) < 4.78 is 0. The molecule has 0 aliphatic carbocycles. The lowest BCUT2D eigenvalue weighted by molar-refractivity contribution is -0.143. The van der Waals surface area contributed by atoms with Crippen LogP contribution in [-0.4, -0.2) is 29.1 Å². The third kappa shape index (κ3) is 3.60. The van der Waals surface area contributed by atoms with E-state index >= 15 is 0 Å². The van der Waals surface area contributed by atoms with Crippen LogP contribution in [0.1, 0.15) is 34.9 Å². The zero-order chi connectivity index (χ0) is 16.4. The summed E-state index contributed by atoms with van der Waals surface area (Å²) in [4.78, 5) is 14.9. The Morgan fingerprint density at radius 2 is 2.09 bits per heavy atom. The number of benzene rings is 1. The van der Waals surface area contributed by atoms with Gasteiger partial charge in [-0.25, -0.2) is 0 Å². The number of carbonyl (C=O) groups is 1. The van der Waals surface area contributed by atoms with Gasteiger partial charge in [0.2, 0.25) is 0 Å². The average Bonchev–Trinajstić information content (AvgIpc) is 2.94. The number of piperidine rings is 1. The Labute approximate surface area is 145 Å². The predicted molar refractivity (Wildman–Crippen MR) is 94.3 cm³/mol. The van der Waals surface area contributed by atoms with E-state index in [1.54, 1.807) is 11.3 Å². The van der Waals surface area contributed by atoms with Crippen LogP contribution in [0.2, 0.25) is 5.02 Å². The van der Waals surface area contributed by atoms with Crippen LogP contribution in [0, 0.1) is 12.8 Å². The minimum atomic E-state index is -0.670. The quantitative estimate of drug-likeness (QED) is 0.877. The van der Waals surface area contributed by atoms with E-state index in [0.29, 0.717) is 12.8 Å². The summed E-state index contributed by atoms with van der Waals surface area (Å²) in [6, 6.07) is 10.3. The van der Waals surface area contributed by atoms with Crippen molar-refractivity contribution in [2.45, 2.75) is 25.8 Å². The summed E-state index contributed by atoms with van der Waals surface area (Å²) >= 11 is 7.96. The second-order valence-corrected chi connectivity index (χ2v) is 7.46. The molecule has 3 rings (SSSR count). The molecule has 1 aromatic heterocycles. The molecule has 0 radical (unpaired) electrons. The minimum Gasteiger partial charge on any atom is -0.481 e. The summed E-state index contributed by atoms with van der Waals surface area (Å²) in [5, 5.41) is 12.1. The van der Waals surface area contributed by atoms with Crippen LogP contribution in [0.3, 0.4) is 0 Å². The van der Waals surface area contributed by atoms with Crippen molar-refractivity contribution in [3.05, 3.63) is 56.7 Å². The fourth-order valence-electron chi connectivity index (χ4n) is 3.27. The highest BCUT2D eigenvalue weighted by atomic mass is 35.5. The zero-order valence-corrected chi connectivity index (χ0v) is 14.6. The Hall–Kier alpha value is -1.36. The fraction of sp³-hybridized carbons (Fsp3) is 0.389. The van der Waals surface area contributed by atoms with Gasteiger partial charge in [0.25, 0.3) is 0 Å². The molecule has 0 bridgehead atoms. The number of hydrogen-bond donors (Lipinski definition) is 1. The van der Waals surface area contributed by atoms with Crippen LogP contribution in [0.4, 0.5) is 0 Å². The van der Waals surface area contributed by atoms with E-state index in [9.17, 15) is 9.90 Å². The number of carboxylic acids is 1. The van der Waals surface area contributed by atoms with Gasteiger partial charge in [-0.3, -0.25) is 9.69 Å². The van der Waals surface area contributed by atoms with Crippen molar-refractivity contribution in [1.29, 1.82) is 0 Å². The van der Waals surface area contributed by atoms with Crippen molar-refractivity contribution in [2.75, 3.05) is 13.1 Å². The summed E-state index contributed by atoms with van der Waals surface area (Å²) in [5.74, 6) is -0.882. The lowest BCUT2D eigenvalue weighted by Crippen LogP contribution is -2.39. The van der Waals surface area contributed by atoms with Gasteiger partial charge in [-0.15, -0.1) is 11.3 Å². The number of thiophene rings is 1. The average molecular weight is 350 g/mol. The fourth-order valence-corrected chi connectivity index (χ4v) is 4.56. The van der Waals surface area contributed by atoms with Crippen LogP contribution >= 0.6 is 22.9 Å². The van der Waals surface area contributed by atoms with Crippen LogP contribution in [0.5, 0.6) is 0 Å². The lowest BCUT2D eigenvalue weighted by atomic mass is 9.93. The highest BCUT2D eigenvalue weighted by Crippen LogP contribution is 2.37. The number of carboxylic acid groups (broad SMARTS) is 1. The molecular weight excluding hydrogens is 330 g/mol. The van der Waals surface area contributed by atoms with E-state index in [0.717, 1.165) is 18.1 Å². The molecule has 1 atom stereocenters. The molecule has 0 spiro atoms. The number of aliphatic carboxylic acids is 1. The molecule has 2 heterocycles. The van der Waals surface area contributed by atoms with Gasteiger partial charge in [0.15, 0.2) is 0 Å². The molecule has 0 amide bonds. The van der Waals surface area contributed by atoms with Crippen LogP contribution in [-0.2, 0) is 4.79 Å². The number of hydrogen-bond acceptors (Lipinski definition) is 3. The first-order chi connectivity index (χ1) is 11.1. The van der Waals surface area contributed by atoms with Gasteiger partial charge in [0, 0.05) is 9.90 Å². The molecule has 122 valence electrons. The summed E-state index contributed by atoms with van der Waals surface area (Å²) in [6.07, 6.45) is 1.41. The molecule has 1 unspecified atom stereocenters. The largest absolute Gasteiger partial charge is 0.481 e. The minimum absolute atomic E-state index is 0.156. The van der Waals surface area contributed by atoms with Gasteiger partial charge < -0.3 is 5.11 Å². The molecule has 1 fully saturated rings. The van der Waals surface area contributed by atoms with E-state index in [-0.39, 0.29) is 12.0 Å². The number of aryl methyl sites for hydroxylation is 1. The van der Waals surface area contributed by atoms with Crippen LogP contribution < -0.4 is 0 Å². The molecule has 1 N–H and O–H groups in total. The molecule has 3 nitrogen and oxygen atoms in total. The lowest BCUT2D eigenvalue weighted by Gasteiger charge is -2.36. The van der Waals surface area contributed by atoms with Crippen LogP contribution in [0.15, 0.2) is 35.7 Å². The summed E-state index contributed by atoms with van der Waals surface area (Å²) in [5.41, 5.74) is 2.46. The Kier molecular flexibility index (Phi) is 5.05. The predicted octanol–water partition coefficient (Wildman–Crippen LogP) is 4.60. The number of nitrogens with zero attached hydrogens (tertiary/aromatic N) is 1. The first kappa shape index (κ1) is 16.5. The van der Waals surface area contributed by atoms with Crippen molar-refractivity contribution in [2.24, 2.45) is 5.92 Å². The Morgan fingerprint density at radius 3 is 2.65 bits per heavy atom. The molecule has 5 heteroatoms. The van der Waals surface area contributed by atoms with E-state index in [1.807, 2.05) is 18.2 Å². The van der Waals surface area contributed by atoms with Gasteiger partial charge in [-0.2, -0.15) is 0 Å². The molecule has 23 heavy (non-hydrogen) atoms. The van der Waals surface area contributed by atoms with Gasteiger partial charge in [-0.1, -0.05) is 23.7 Å². The zero-order valence-electron chi connectivity index (χ0n) is 13.0.